The van der Waals surface area contributed by atoms with Gasteiger partial charge in [0, 0.05) is 24.2 Å². The molecule has 0 saturated carbocycles. The molecule has 150 valence electrons. The van der Waals surface area contributed by atoms with Gasteiger partial charge in [-0.15, -0.1) is 0 Å². The van der Waals surface area contributed by atoms with E-state index in [9.17, 15) is 18.5 Å². The zero-order valence-corrected chi connectivity index (χ0v) is 17.3. The minimum Gasteiger partial charge on any atom is -0.271 e. The molecule has 2 aromatic rings. The Bertz CT molecular complexity index is 987. The number of nitrogens with zero attached hydrogens (tertiary/aromatic N) is 3. The highest BCUT2D eigenvalue weighted by Gasteiger charge is 2.25. The summed E-state index contributed by atoms with van der Waals surface area (Å²) in [6.45, 7) is 5.70. The van der Waals surface area contributed by atoms with Crippen LogP contribution in [0.1, 0.15) is 26.3 Å². The molecule has 0 spiro atoms. The number of anilines is 1. The predicted octanol–water partition coefficient (Wildman–Crippen LogP) is 4.11. The van der Waals surface area contributed by atoms with E-state index in [1.165, 1.54) is 16.4 Å². The molecule has 0 aliphatic carbocycles. The van der Waals surface area contributed by atoms with Crippen LogP contribution in [0.4, 0.5) is 11.4 Å². The first-order valence-corrected chi connectivity index (χ1v) is 10.4. The zero-order chi connectivity index (χ0) is 20.9. The van der Waals surface area contributed by atoms with E-state index in [2.05, 4.69) is 10.5 Å². The maximum Gasteiger partial charge on any atom is 0.295 e. The van der Waals surface area contributed by atoms with Crippen LogP contribution in [0.3, 0.4) is 0 Å². The number of halogens is 1. The third-order valence-corrected chi connectivity index (χ3v) is 6.41. The Morgan fingerprint density at radius 1 is 1.18 bits per heavy atom. The number of benzene rings is 2. The van der Waals surface area contributed by atoms with Crippen molar-refractivity contribution in [1.29, 1.82) is 0 Å². The van der Waals surface area contributed by atoms with Gasteiger partial charge in [0.05, 0.1) is 15.5 Å². The molecule has 0 radical (unpaired) electrons. The van der Waals surface area contributed by atoms with Gasteiger partial charge in [-0.05, 0) is 36.8 Å². The Labute approximate surface area is 169 Å². The quantitative estimate of drug-likeness (QED) is 0.390. The van der Waals surface area contributed by atoms with Crippen LogP contribution in [0.5, 0.6) is 0 Å². The summed E-state index contributed by atoms with van der Waals surface area (Å²) in [5.41, 5.74) is 3.75. The van der Waals surface area contributed by atoms with Crippen molar-refractivity contribution in [3.05, 3.63) is 63.2 Å². The van der Waals surface area contributed by atoms with E-state index in [0.717, 1.165) is 11.6 Å². The van der Waals surface area contributed by atoms with E-state index < -0.39 is 14.9 Å². The largest absolute Gasteiger partial charge is 0.295 e. The topological polar surface area (TPSA) is 105 Å². The van der Waals surface area contributed by atoms with Crippen molar-refractivity contribution in [2.24, 2.45) is 5.10 Å². The molecule has 0 amide bonds. The smallest absolute Gasteiger partial charge is 0.271 e. The summed E-state index contributed by atoms with van der Waals surface area (Å²) in [6, 6.07) is 10.7. The molecular formula is C18H21ClN4O4S. The molecule has 0 saturated heterocycles. The van der Waals surface area contributed by atoms with Crippen molar-refractivity contribution >= 4 is 38.7 Å². The number of nitro groups is 1. The van der Waals surface area contributed by atoms with Gasteiger partial charge in [-0.3, -0.25) is 15.5 Å². The van der Waals surface area contributed by atoms with Crippen molar-refractivity contribution in [2.75, 3.05) is 18.5 Å². The number of hydrogen-bond acceptors (Lipinski definition) is 6. The maximum atomic E-state index is 12.6. The molecule has 0 fully saturated rings. The van der Waals surface area contributed by atoms with Gasteiger partial charge in [-0.1, -0.05) is 37.6 Å². The molecule has 10 heteroatoms. The first kappa shape index (κ1) is 21.8. The average molecular weight is 425 g/mol. The number of hydrazone groups is 1. The second-order valence-electron chi connectivity index (χ2n) is 5.84. The molecular weight excluding hydrogens is 404 g/mol. The van der Waals surface area contributed by atoms with E-state index >= 15 is 0 Å². The van der Waals surface area contributed by atoms with Crippen molar-refractivity contribution < 1.29 is 13.3 Å². The third-order valence-electron chi connectivity index (χ3n) is 4.12. The average Bonchev–Trinajstić information content (AvgIpc) is 2.67. The summed E-state index contributed by atoms with van der Waals surface area (Å²) in [5, 5.41) is 16.2. The van der Waals surface area contributed by atoms with Gasteiger partial charge in [-0.2, -0.15) is 9.41 Å². The van der Waals surface area contributed by atoms with Crippen LogP contribution in [0.2, 0.25) is 5.02 Å². The van der Waals surface area contributed by atoms with Gasteiger partial charge in [0.25, 0.3) is 5.69 Å². The fourth-order valence-electron chi connectivity index (χ4n) is 2.53. The normalized spacial score (nSPS) is 12.2. The Hall–Kier alpha value is -2.49. The minimum atomic E-state index is -3.80. The number of rotatable bonds is 8. The number of sulfonamides is 1. The van der Waals surface area contributed by atoms with E-state index in [-0.39, 0.29) is 29.4 Å². The fourth-order valence-corrected chi connectivity index (χ4v) is 4.13. The Morgan fingerprint density at radius 2 is 1.79 bits per heavy atom. The molecule has 8 nitrogen and oxygen atoms in total. The van der Waals surface area contributed by atoms with Gasteiger partial charge in [0.2, 0.25) is 10.0 Å². The van der Waals surface area contributed by atoms with E-state index in [4.69, 9.17) is 11.6 Å². The predicted molar refractivity (Wildman–Crippen MR) is 110 cm³/mol. The lowest BCUT2D eigenvalue weighted by Crippen LogP contribution is -2.30. The van der Waals surface area contributed by atoms with Crippen molar-refractivity contribution in [2.45, 2.75) is 25.7 Å². The number of hydrogen-bond donors (Lipinski definition) is 1. The Balaban J connectivity index is 2.37. The highest BCUT2D eigenvalue weighted by atomic mass is 35.5. The molecule has 0 heterocycles. The molecule has 0 atom stereocenters. The third kappa shape index (κ3) is 4.86. The lowest BCUT2D eigenvalue weighted by molar-refractivity contribution is -0.384. The van der Waals surface area contributed by atoms with Crippen LogP contribution < -0.4 is 5.43 Å². The number of nitro benzene ring substituents is 1. The van der Waals surface area contributed by atoms with Crippen molar-refractivity contribution in [3.63, 3.8) is 0 Å². The first-order chi connectivity index (χ1) is 13.2. The van der Waals surface area contributed by atoms with Crippen LogP contribution in [-0.2, 0) is 10.0 Å². The molecule has 28 heavy (non-hydrogen) atoms. The van der Waals surface area contributed by atoms with Crippen LogP contribution in [-0.4, -0.2) is 36.4 Å². The number of nitrogens with one attached hydrogen (secondary N) is 1. The molecule has 1 N–H and O–H groups in total. The van der Waals surface area contributed by atoms with Crippen LogP contribution in [0.25, 0.3) is 0 Å². The van der Waals surface area contributed by atoms with E-state index in [0.29, 0.717) is 10.7 Å². The van der Waals surface area contributed by atoms with Crippen molar-refractivity contribution in [1.82, 2.24) is 4.31 Å². The SMILES string of the molecule is CCN(CC)S(=O)(=O)c1ccc(N/N=C(/C)c2ccc(Cl)cc2)c([N+](=O)[O-])c1. The fraction of sp³-hybridized carbons (Fsp3) is 0.278. The Morgan fingerprint density at radius 3 is 2.32 bits per heavy atom. The second-order valence-corrected chi connectivity index (χ2v) is 8.22. The molecule has 2 aromatic carbocycles. The maximum absolute atomic E-state index is 12.6. The first-order valence-electron chi connectivity index (χ1n) is 8.55. The van der Waals surface area contributed by atoms with E-state index in [1.807, 2.05) is 0 Å². The van der Waals surface area contributed by atoms with Crippen LogP contribution in [0, 0.1) is 10.1 Å². The Kier molecular flexibility index (Phi) is 7.11. The summed E-state index contributed by atoms with van der Waals surface area (Å²) >= 11 is 5.86. The van der Waals surface area contributed by atoms with Crippen molar-refractivity contribution in [3.8, 4) is 0 Å². The summed E-state index contributed by atoms with van der Waals surface area (Å²) in [6.07, 6.45) is 0. The van der Waals surface area contributed by atoms with E-state index in [1.54, 1.807) is 45.0 Å². The summed E-state index contributed by atoms with van der Waals surface area (Å²) in [4.78, 5) is 10.7. The monoisotopic (exact) mass is 424 g/mol. The molecule has 0 aliphatic heterocycles. The minimum absolute atomic E-state index is 0.0943. The summed E-state index contributed by atoms with van der Waals surface area (Å²) in [7, 11) is -3.80. The van der Waals surface area contributed by atoms with Gasteiger partial charge >= 0.3 is 0 Å². The lowest BCUT2D eigenvalue weighted by atomic mass is 10.1. The molecule has 0 bridgehead atoms. The van der Waals surface area contributed by atoms with Gasteiger partial charge < -0.3 is 0 Å². The second kappa shape index (κ2) is 9.13. The van der Waals surface area contributed by atoms with Crippen LogP contribution in [0.15, 0.2) is 52.5 Å². The van der Waals surface area contributed by atoms with Gasteiger partial charge in [0.15, 0.2) is 0 Å². The van der Waals surface area contributed by atoms with Gasteiger partial charge in [0.1, 0.15) is 5.69 Å². The molecule has 2 rings (SSSR count). The zero-order valence-electron chi connectivity index (χ0n) is 15.7. The summed E-state index contributed by atoms with van der Waals surface area (Å²) in [5.74, 6) is 0. The molecule has 0 unspecified atom stereocenters. The standard InChI is InChI=1S/C18H21ClN4O4S/c1-4-22(5-2)28(26,27)16-10-11-17(18(12-16)23(24)25)21-20-13(3)14-6-8-15(19)9-7-14/h6-12,21H,4-5H2,1-3H3/b20-13-. The highest BCUT2D eigenvalue weighted by Crippen LogP contribution is 2.29. The van der Waals surface area contributed by atoms with Crippen LogP contribution >= 0.6 is 11.6 Å². The highest BCUT2D eigenvalue weighted by molar-refractivity contribution is 7.89. The van der Waals surface area contributed by atoms with Gasteiger partial charge in [-0.25, -0.2) is 8.42 Å². The lowest BCUT2D eigenvalue weighted by Gasteiger charge is -2.18. The molecule has 0 aromatic heterocycles. The summed E-state index contributed by atoms with van der Waals surface area (Å²) < 4.78 is 26.4. The molecule has 0 aliphatic rings.